The molecule has 6 N–H and O–H groups in total. The van der Waals surface area contributed by atoms with Gasteiger partial charge >= 0.3 is 11.9 Å². The van der Waals surface area contributed by atoms with Gasteiger partial charge in [-0.2, -0.15) is 0 Å². The van der Waals surface area contributed by atoms with Crippen molar-refractivity contribution in [3.05, 3.63) is 107 Å². The average Bonchev–Trinajstić information content (AvgIpc) is 2.86. The molecular weight excluding hydrogens is 472 g/mol. The van der Waals surface area contributed by atoms with Crippen LogP contribution in [0.15, 0.2) is 84.9 Å². The number of carboxylic acids is 2. The molecule has 0 atom stereocenters. The molecule has 0 unspecified atom stereocenters. The van der Waals surface area contributed by atoms with Crippen LogP contribution in [0.2, 0.25) is 0 Å². The highest BCUT2D eigenvalue weighted by atomic mass is 16.5. The molecular formula is C29H26N2O6. The van der Waals surface area contributed by atoms with E-state index in [1.807, 2.05) is 13.8 Å². The van der Waals surface area contributed by atoms with E-state index >= 15 is 0 Å². The molecule has 4 aromatic carbocycles. The highest BCUT2D eigenvalue weighted by Crippen LogP contribution is 2.38. The van der Waals surface area contributed by atoms with E-state index in [1.54, 1.807) is 72.8 Å². The number of carboxylic acid groups (broad SMARTS) is 2. The SMILES string of the molecule is CC(C)(c1ccc(Oc2ccc(N)cc2)c(C(=O)O)c1)c1ccc(Oc2ccc(N)cc2)c(C(=O)O)c1. The zero-order chi connectivity index (χ0) is 26.7. The highest BCUT2D eigenvalue weighted by molar-refractivity contribution is 5.92. The second-order valence-electron chi connectivity index (χ2n) is 9.00. The second kappa shape index (κ2) is 9.94. The van der Waals surface area contributed by atoms with Crippen LogP contribution in [0.1, 0.15) is 45.7 Å². The number of benzene rings is 4. The lowest BCUT2D eigenvalue weighted by molar-refractivity contribution is 0.0683. The van der Waals surface area contributed by atoms with Crippen molar-refractivity contribution in [1.29, 1.82) is 0 Å². The van der Waals surface area contributed by atoms with Crippen molar-refractivity contribution in [1.82, 2.24) is 0 Å². The maximum absolute atomic E-state index is 12.1. The topological polar surface area (TPSA) is 145 Å². The summed E-state index contributed by atoms with van der Waals surface area (Å²) in [6.07, 6.45) is 0. The van der Waals surface area contributed by atoms with Gasteiger partial charge in [0.2, 0.25) is 0 Å². The molecule has 37 heavy (non-hydrogen) atoms. The molecule has 0 bridgehead atoms. The van der Waals surface area contributed by atoms with Gasteiger partial charge in [0, 0.05) is 16.8 Å². The summed E-state index contributed by atoms with van der Waals surface area (Å²) in [5.74, 6) is -1.05. The fourth-order valence-electron chi connectivity index (χ4n) is 3.84. The fraction of sp³-hybridized carbons (Fsp3) is 0.103. The van der Waals surface area contributed by atoms with Gasteiger partial charge in [0.15, 0.2) is 0 Å². The Morgan fingerprint density at radius 1 is 0.622 bits per heavy atom. The highest BCUT2D eigenvalue weighted by Gasteiger charge is 2.28. The molecule has 0 spiro atoms. The number of nitrogen functional groups attached to an aromatic ring is 2. The molecule has 0 radical (unpaired) electrons. The number of hydrogen-bond donors (Lipinski definition) is 4. The third-order valence-electron chi connectivity index (χ3n) is 6.08. The zero-order valence-corrected chi connectivity index (χ0v) is 20.3. The lowest BCUT2D eigenvalue weighted by Crippen LogP contribution is -2.20. The summed E-state index contributed by atoms with van der Waals surface area (Å²) in [5, 5.41) is 19.7. The number of aromatic carboxylic acids is 2. The number of anilines is 2. The summed E-state index contributed by atoms with van der Waals surface area (Å²) < 4.78 is 11.6. The summed E-state index contributed by atoms with van der Waals surface area (Å²) in [5.41, 5.74) is 13.1. The molecule has 0 saturated heterocycles. The lowest BCUT2D eigenvalue weighted by atomic mass is 9.77. The van der Waals surface area contributed by atoms with E-state index in [2.05, 4.69) is 0 Å². The minimum absolute atomic E-state index is 0.0239. The van der Waals surface area contributed by atoms with Crippen LogP contribution >= 0.6 is 0 Å². The predicted octanol–water partition coefficient (Wildman–Crippen LogP) is 6.16. The van der Waals surface area contributed by atoms with Crippen LogP contribution in [-0.2, 0) is 5.41 Å². The maximum atomic E-state index is 12.1. The number of rotatable bonds is 8. The minimum Gasteiger partial charge on any atom is -0.478 e. The molecule has 4 rings (SSSR count). The van der Waals surface area contributed by atoms with E-state index in [0.29, 0.717) is 34.0 Å². The normalized spacial score (nSPS) is 11.1. The van der Waals surface area contributed by atoms with Crippen LogP contribution in [0.4, 0.5) is 11.4 Å². The first-order valence-corrected chi connectivity index (χ1v) is 11.4. The number of hydrogen-bond acceptors (Lipinski definition) is 6. The summed E-state index contributed by atoms with van der Waals surface area (Å²) in [6.45, 7) is 3.77. The van der Waals surface area contributed by atoms with E-state index in [4.69, 9.17) is 20.9 Å². The third kappa shape index (κ3) is 5.48. The van der Waals surface area contributed by atoms with E-state index in [9.17, 15) is 19.8 Å². The van der Waals surface area contributed by atoms with Crippen LogP contribution in [0.5, 0.6) is 23.0 Å². The fourth-order valence-corrected chi connectivity index (χ4v) is 3.84. The Bertz CT molecular complexity index is 1350. The molecule has 0 aliphatic rings. The second-order valence-corrected chi connectivity index (χ2v) is 9.00. The van der Waals surface area contributed by atoms with Crippen LogP contribution in [-0.4, -0.2) is 22.2 Å². The van der Waals surface area contributed by atoms with Gasteiger partial charge in [-0.3, -0.25) is 0 Å². The molecule has 0 fully saturated rings. The standard InChI is InChI=1S/C29H26N2O6/c1-29(2,17-3-13-25(23(15-17)27(32)33)36-21-9-5-19(30)6-10-21)18-4-14-26(24(16-18)28(34)35)37-22-11-7-20(31)8-12-22/h3-16H,30-31H2,1-2H3,(H,32,33)(H,34,35). The van der Waals surface area contributed by atoms with E-state index < -0.39 is 17.4 Å². The van der Waals surface area contributed by atoms with E-state index in [-0.39, 0.29) is 22.6 Å². The van der Waals surface area contributed by atoms with Crippen molar-refractivity contribution in [2.24, 2.45) is 0 Å². The van der Waals surface area contributed by atoms with Crippen molar-refractivity contribution in [2.75, 3.05) is 11.5 Å². The molecule has 0 aliphatic carbocycles. The first kappa shape index (κ1) is 25.1. The van der Waals surface area contributed by atoms with Crippen LogP contribution < -0.4 is 20.9 Å². The summed E-state index contributed by atoms with van der Waals surface area (Å²) in [6, 6.07) is 23.0. The molecule has 0 amide bonds. The number of ether oxygens (including phenoxy) is 2. The summed E-state index contributed by atoms with van der Waals surface area (Å²) in [4.78, 5) is 24.1. The number of carbonyl (C=O) groups is 2. The van der Waals surface area contributed by atoms with Crippen molar-refractivity contribution in [2.45, 2.75) is 19.3 Å². The van der Waals surface area contributed by atoms with Gasteiger partial charge in [0.25, 0.3) is 0 Å². The minimum atomic E-state index is -1.15. The van der Waals surface area contributed by atoms with Crippen molar-refractivity contribution >= 4 is 23.3 Å². The molecule has 188 valence electrons. The smallest absolute Gasteiger partial charge is 0.339 e. The van der Waals surface area contributed by atoms with E-state index in [0.717, 1.165) is 0 Å². The largest absolute Gasteiger partial charge is 0.478 e. The Morgan fingerprint density at radius 2 is 0.973 bits per heavy atom. The van der Waals surface area contributed by atoms with Crippen LogP contribution in [0.25, 0.3) is 0 Å². The average molecular weight is 499 g/mol. The van der Waals surface area contributed by atoms with Crippen LogP contribution in [0, 0.1) is 0 Å². The predicted molar refractivity (Wildman–Crippen MR) is 141 cm³/mol. The van der Waals surface area contributed by atoms with Gasteiger partial charge in [0.05, 0.1) is 0 Å². The summed E-state index contributed by atoms with van der Waals surface area (Å²) in [7, 11) is 0. The molecule has 8 heteroatoms. The van der Waals surface area contributed by atoms with Gasteiger partial charge < -0.3 is 31.2 Å². The summed E-state index contributed by atoms with van der Waals surface area (Å²) >= 11 is 0. The van der Waals surface area contributed by atoms with Gasteiger partial charge in [-0.05, 0) is 83.9 Å². The Morgan fingerprint density at radius 3 is 1.30 bits per heavy atom. The van der Waals surface area contributed by atoms with E-state index in [1.165, 1.54) is 12.1 Å². The van der Waals surface area contributed by atoms with Crippen LogP contribution in [0.3, 0.4) is 0 Å². The maximum Gasteiger partial charge on any atom is 0.339 e. The van der Waals surface area contributed by atoms with Gasteiger partial charge in [0.1, 0.15) is 34.1 Å². The number of nitrogens with two attached hydrogens (primary N) is 2. The molecule has 4 aromatic rings. The molecule has 8 nitrogen and oxygen atoms in total. The first-order valence-electron chi connectivity index (χ1n) is 11.4. The Labute approximate surface area is 213 Å². The Kier molecular flexibility index (Phi) is 6.75. The van der Waals surface area contributed by atoms with Gasteiger partial charge in [-0.1, -0.05) is 26.0 Å². The van der Waals surface area contributed by atoms with Crippen molar-refractivity contribution in [3.8, 4) is 23.0 Å². The molecule has 0 heterocycles. The molecule has 0 aliphatic heterocycles. The molecule has 0 aromatic heterocycles. The monoisotopic (exact) mass is 498 g/mol. The molecule has 0 saturated carbocycles. The van der Waals surface area contributed by atoms with Crippen molar-refractivity contribution in [3.63, 3.8) is 0 Å². The first-order chi connectivity index (χ1) is 17.5. The lowest BCUT2D eigenvalue weighted by Gasteiger charge is -2.27. The third-order valence-corrected chi connectivity index (χ3v) is 6.08. The van der Waals surface area contributed by atoms with Gasteiger partial charge in [-0.15, -0.1) is 0 Å². The quantitative estimate of drug-likeness (QED) is 0.211. The van der Waals surface area contributed by atoms with Gasteiger partial charge in [-0.25, -0.2) is 9.59 Å². The Balaban J connectivity index is 1.68. The Hall–Kier alpha value is -4.98. The zero-order valence-electron chi connectivity index (χ0n) is 20.3. The van der Waals surface area contributed by atoms with Crippen molar-refractivity contribution < 1.29 is 29.3 Å².